The molecule has 18 heteroatoms. The number of aliphatic hydroxyl groups excluding tert-OH is 1. The van der Waals surface area contributed by atoms with Crippen molar-refractivity contribution in [3.63, 3.8) is 0 Å². The van der Waals surface area contributed by atoms with Gasteiger partial charge in [0.05, 0.1) is 32.3 Å². The van der Waals surface area contributed by atoms with Gasteiger partial charge in [-0.2, -0.15) is 16.8 Å². The van der Waals surface area contributed by atoms with Crippen LogP contribution < -0.4 is 10.6 Å². The number of aliphatic hydroxyl groups is 1. The number of nitrogens with one attached hydrogen (secondary N) is 2. The molecule has 1 aliphatic rings. The first-order chi connectivity index (χ1) is 19.2. The second-order valence-electron chi connectivity index (χ2n) is 8.06. The van der Waals surface area contributed by atoms with Gasteiger partial charge in [-0.3, -0.25) is 24.4 Å². The minimum Gasteiger partial charge on any atom is -0.477 e. The van der Waals surface area contributed by atoms with Crippen LogP contribution in [0.4, 0.5) is 5.69 Å². The summed E-state index contributed by atoms with van der Waals surface area (Å²) < 4.78 is 69.3. The molecule has 3 aromatic rings. The number of anilines is 1. The van der Waals surface area contributed by atoms with Gasteiger partial charge in [-0.25, -0.2) is 14.5 Å². The number of H-pyrrole nitrogens is 1. The van der Waals surface area contributed by atoms with E-state index in [2.05, 4.69) is 10.2 Å². The Morgan fingerprint density at radius 1 is 0.976 bits per heavy atom. The number of carboxylic acid groups (broad SMARTS) is 1. The lowest BCUT2D eigenvalue weighted by molar-refractivity contribution is 0.0689. The Morgan fingerprint density at radius 3 is 2.00 bits per heavy atom. The van der Waals surface area contributed by atoms with Crippen LogP contribution >= 0.6 is 0 Å². The molecule has 41 heavy (non-hydrogen) atoms. The molecule has 2 aromatic carbocycles. The average Bonchev–Trinajstić information content (AvgIpc) is 3.40. The van der Waals surface area contributed by atoms with Crippen LogP contribution in [0.1, 0.15) is 16.1 Å². The first kappa shape index (κ1) is 29.1. The Balaban J connectivity index is 1.67. The predicted molar refractivity (Wildman–Crippen MR) is 142 cm³/mol. The number of rotatable bonds is 8. The van der Waals surface area contributed by atoms with Crippen LogP contribution in [0, 0.1) is 5.41 Å². The van der Waals surface area contributed by atoms with Gasteiger partial charge in [0.25, 0.3) is 25.8 Å². The first-order valence-electron chi connectivity index (χ1n) is 11.1. The lowest BCUT2D eigenvalue weighted by Crippen LogP contribution is -2.21. The fourth-order valence-corrected chi connectivity index (χ4v) is 4.59. The number of aromatic carboxylic acids is 1. The molecule has 0 fully saturated rings. The fourth-order valence-electron chi connectivity index (χ4n) is 3.63. The maximum Gasteiger partial charge on any atom is 0.354 e. The van der Waals surface area contributed by atoms with Gasteiger partial charge in [-0.05, 0) is 60.7 Å². The number of amidine groups is 1. The quantitative estimate of drug-likeness (QED) is 0.156. The Kier molecular flexibility index (Phi) is 7.77. The van der Waals surface area contributed by atoms with Gasteiger partial charge < -0.3 is 14.9 Å². The maximum atomic E-state index is 13.0. The van der Waals surface area contributed by atoms with Crippen LogP contribution in [-0.2, 0) is 25.0 Å². The van der Waals surface area contributed by atoms with Crippen molar-refractivity contribution in [1.82, 2.24) is 9.78 Å². The minimum atomic E-state index is -4.49. The monoisotopic (exact) mass is 605 g/mol. The Morgan fingerprint density at radius 2 is 1.51 bits per heavy atom. The summed E-state index contributed by atoms with van der Waals surface area (Å²) in [5, 5.41) is 34.8. The van der Waals surface area contributed by atoms with Crippen LogP contribution in [0.25, 0.3) is 11.8 Å². The summed E-state index contributed by atoms with van der Waals surface area (Å²) in [5.74, 6) is -1.99. The van der Waals surface area contributed by atoms with Crippen molar-refractivity contribution in [2.75, 3.05) is 11.8 Å². The second kappa shape index (κ2) is 10.9. The molecule has 0 aliphatic carbocycles. The van der Waals surface area contributed by atoms with Gasteiger partial charge >= 0.3 is 5.97 Å². The number of aromatic amines is 1. The van der Waals surface area contributed by atoms with Crippen molar-refractivity contribution < 1.29 is 45.7 Å². The SMILES string of the molecule is N=C1C(=CC=Cc2c(C(=O)O)[nH]n(-c3ccc(S(=O)(=O)O)cc3)c2=O)C(OCO)=NN1c1ccc(S(=O)(=O)O)cc1. The zero-order valence-electron chi connectivity index (χ0n) is 20.4. The molecule has 0 spiro atoms. The Bertz CT molecular complexity index is 1900. The standard InChI is InChI=1S/C23H19N5O11S2/c24-20-18(21(39-12-29)26-27(20)13-4-8-15(9-5-13)40(33,34)35)3-1-2-17-19(23(31)32)25-28(22(17)30)14-6-10-16(11-7-14)41(36,37)38/h1-11,24-25,29H,12H2,(H,31,32)(H,33,34,35)(H,36,37,38). The van der Waals surface area contributed by atoms with Crippen molar-refractivity contribution in [3.05, 3.63) is 87.9 Å². The highest BCUT2D eigenvalue weighted by atomic mass is 32.2. The topological polar surface area (TPSA) is 253 Å². The van der Waals surface area contributed by atoms with E-state index >= 15 is 0 Å². The van der Waals surface area contributed by atoms with Gasteiger partial charge in [-0.15, -0.1) is 5.10 Å². The van der Waals surface area contributed by atoms with E-state index in [1.165, 1.54) is 36.4 Å². The summed E-state index contributed by atoms with van der Waals surface area (Å²) in [5.41, 5.74) is -1.36. The van der Waals surface area contributed by atoms with Crippen LogP contribution in [0.3, 0.4) is 0 Å². The molecule has 0 radical (unpaired) electrons. The molecule has 6 N–H and O–H groups in total. The van der Waals surface area contributed by atoms with E-state index in [1.54, 1.807) is 0 Å². The van der Waals surface area contributed by atoms with Crippen molar-refractivity contribution in [2.45, 2.75) is 9.79 Å². The van der Waals surface area contributed by atoms with Crippen LogP contribution in [0.2, 0.25) is 0 Å². The highest BCUT2D eigenvalue weighted by Gasteiger charge is 2.29. The van der Waals surface area contributed by atoms with Gasteiger partial charge in [0.2, 0.25) is 5.90 Å². The van der Waals surface area contributed by atoms with Crippen molar-refractivity contribution in [1.29, 1.82) is 5.41 Å². The molecule has 1 aromatic heterocycles. The molecule has 0 saturated heterocycles. The van der Waals surface area contributed by atoms with Crippen molar-refractivity contribution in [2.24, 2.45) is 5.10 Å². The van der Waals surface area contributed by atoms with Gasteiger partial charge in [0, 0.05) is 0 Å². The zero-order valence-corrected chi connectivity index (χ0v) is 22.0. The average molecular weight is 606 g/mol. The normalized spacial score (nSPS) is 15.1. The number of hydrogen-bond acceptors (Lipinski definition) is 10. The Labute approximate surface area is 230 Å². The molecule has 0 amide bonds. The number of allylic oxidation sites excluding steroid dienone is 2. The summed E-state index contributed by atoms with van der Waals surface area (Å²) >= 11 is 0. The van der Waals surface area contributed by atoms with Crippen molar-refractivity contribution in [3.8, 4) is 5.69 Å². The number of hydrogen-bond donors (Lipinski definition) is 6. The third-order valence-corrected chi connectivity index (χ3v) is 7.26. The number of carbonyl (C=O) groups is 1. The molecular weight excluding hydrogens is 586 g/mol. The summed E-state index contributed by atoms with van der Waals surface area (Å²) in [6.45, 7) is -0.815. The predicted octanol–water partition coefficient (Wildman–Crippen LogP) is 1.07. The van der Waals surface area contributed by atoms with E-state index in [0.717, 1.165) is 40.0 Å². The number of carboxylic acids is 1. The summed E-state index contributed by atoms with van der Waals surface area (Å²) in [4.78, 5) is 24.0. The van der Waals surface area contributed by atoms with Crippen molar-refractivity contribution >= 4 is 49.7 Å². The van der Waals surface area contributed by atoms with Crippen LogP contribution in [-0.4, -0.2) is 70.4 Å². The molecule has 214 valence electrons. The van der Waals surface area contributed by atoms with E-state index < -0.39 is 49.1 Å². The molecule has 2 heterocycles. The number of benzene rings is 2. The molecule has 0 unspecified atom stereocenters. The fraction of sp³-hybridized carbons (Fsp3) is 0.0435. The third kappa shape index (κ3) is 6.00. The Hall–Kier alpha value is -4.88. The van der Waals surface area contributed by atoms with Gasteiger partial charge in [0.15, 0.2) is 18.3 Å². The largest absolute Gasteiger partial charge is 0.477 e. The second-order valence-corrected chi connectivity index (χ2v) is 10.9. The summed E-state index contributed by atoms with van der Waals surface area (Å²) in [6.07, 6.45) is 3.62. The molecule has 4 rings (SSSR count). The number of aromatic nitrogens is 2. The lowest BCUT2D eigenvalue weighted by atomic mass is 10.1. The van der Waals surface area contributed by atoms with Crippen LogP contribution in [0.15, 0.2) is 85.9 Å². The number of hydrazone groups is 1. The molecular formula is C23H19N5O11S2. The molecule has 16 nitrogen and oxygen atoms in total. The maximum absolute atomic E-state index is 13.0. The third-order valence-electron chi connectivity index (χ3n) is 5.53. The van der Waals surface area contributed by atoms with Gasteiger partial charge in [-0.1, -0.05) is 6.08 Å². The molecule has 1 aliphatic heterocycles. The lowest BCUT2D eigenvalue weighted by Gasteiger charge is -2.13. The smallest absolute Gasteiger partial charge is 0.354 e. The highest BCUT2D eigenvalue weighted by Crippen LogP contribution is 2.26. The van der Waals surface area contributed by atoms with E-state index in [1.807, 2.05) is 0 Å². The minimum absolute atomic E-state index is 0.00249. The van der Waals surface area contributed by atoms with E-state index in [4.69, 9.17) is 19.3 Å². The van der Waals surface area contributed by atoms with E-state index in [-0.39, 0.29) is 39.1 Å². The first-order valence-corrected chi connectivity index (χ1v) is 13.9. The molecule has 0 bridgehead atoms. The summed E-state index contributed by atoms with van der Waals surface area (Å²) in [6, 6.07) is 9.09. The summed E-state index contributed by atoms with van der Waals surface area (Å²) in [7, 11) is -8.95. The highest BCUT2D eigenvalue weighted by molar-refractivity contribution is 7.86. The number of ether oxygens (including phenoxy) is 1. The molecule has 0 atom stereocenters. The molecule has 0 saturated carbocycles. The van der Waals surface area contributed by atoms with E-state index in [0.29, 0.717) is 0 Å². The van der Waals surface area contributed by atoms with Gasteiger partial charge in [0.1, 0.15) is 0 Å². The zero-order chi connectivity index (χ0) is 30.1. The van der Waals surface area contributed by atoms with E-state index in [9.17, 15) is 36.6 Å². The number of nitrogens with zero attached hydrogens (tertiary/aromatic N) is 3. The van der Waals surface area contributed by atoms with Crippen LogP contribution in [0.5, 0.6) is 0 Å².